The molecule has 0 aromatic heterocycles. The van der Waals surface area contributed by atoms with Crippen molar-refractivity contribution in [3.05, 3.63) is 29.3 Å². The summed E-state index contributed by atoms with van der Waals surface area (Å²) in [6, 6.07) is 6.87. The minimum absolute atomic E-state index is 0.0401. The van der Waals surface area contributed by atoms with Gasteiger partial charge in [-0.2, -0.15) is 0 Å². The predicted octanol–water partition coefficient (Wildman–Crippen LogP) is 2.63. The highest BCUT2D eigenvalue weighted by molar-refractivity contribution is 7.80. The third-order valence-electron chi connectivity index (χ3n) is 4.99. The minimum Gasteiger partial charge on any atom is -0.351 e. The molecule has 1 atom stereocenters. The van der Waals surface area contributed by atoms with Gasteiger partial charge in [0, 0.05) is 19.6 Å². The second-order valence-corrected chi connectivity index (χ2v) is 7.79. The Balaban J connectivity index is 1.59. The molecule has 2 saturated heterocycles. The number of amides is 2. The summed E-state index contributed by atoms with van der Waals surface area (Å²) in [7, 11) is 0. The molecule has 0 radical (unpaired) electrons. The van der Waals surface area contributed by atoms with Crippen LogP contribution >= 0.6 is 23.8 Å². The van der Waals surface area contributed by atoms with Crippen LogP contribution in [-0.4, -0.2) is 58.9 Å². The summed E-state index contributed by atoms with van der Waals surface area (Å²) >= 11 is 11.5. The van der Waals surface area contributed by atoms with E-state index in [9.17, 15) is 9.59 Å². The molecule has 1 aromatic rings. The van der Waals surface area contributed by atoms with Crippen molar-refractivity contribution < 1.29 is 9.59 Å². The van der Waals surface area contributed by atoms with Crippen LogP contribution in [0.2, 0.25) is 5.02 Å². The van der Waals surface area contributed by atoms with E-state index < -0.39 is 6.04 Å². The van der Waals surface area contributed by atoms with Gasteiger partial charge >= 0.3 is 0 Å². The molecule has 0 spiro atoms. The fraction of sp³-hybridized carbons (Fsp3) is 0.526. The lowest BCUT2D eigenvalue weighted by Crippen LogP contribution is -2.51. The number of anilines is 1. The molecule has 2 aliphatic rings. The third kappa shape index (κ3) is 5.32. The molecular formula is C19H25ClN4O2S. The minimum atomic E-state index is -0.429. The second kappa shape index (κ2) is 9.37. The molecule has 2 aliphatic heterocycles. The van der Waals surface area contributed by atoms with Crippen LogP contribution in [0.1, 0.15) is 32.1 Å². The normalized spacial score (nSPS) is 20.3. The Kier molecular flexibility index (Phi) is 6.90. The average Bonchev–Trinajstić information content (AvgIpc) is 3.14. The first-order chi connectivity index (χ1) is 13.0. The van der Waals surface area contributed by atoms with Crippen molar-refractivity contribution in [2.24, 2.45) is 0 Å². The maximum Gasteiger partial charge on any atom is 0.245 e. The molecule has 6 nitrogen and oxygen atoms in total. The van der Waals surface area contributed by atoms with Gasteiger partial charge in [-0.3, -0.25) is 9.59 Å². The Morgan fingerprint density at radius 2 is 1.85 bits per heavy atom. The summed E-state index contributed by atoms with van der Waals surface area (Å²) in [6.07, 6.45) is 4.59. The van der Waals surface area contributed by atoms with Crippen molar-refractivity contribution in [2.75, 3.05) is 31.5 Å². The van der Waals surface area contributed by atoms with Crippen LogP contribution in [0.5, 0.6) is 0 Å². The van der Waals surface area contributed by atoms with E-state index in [1.54, 1.807) is 11.0 Å². The second-order valence-electron chi connectivity index (χ2n) is 6.97. The molecule has 27 heavy (non-hydrogen) atoms. The predicted molar refractivity (Wildman–Crippen MR) is 111 cm³/mol. The van der Waals surface area contributed by atoms with Crippen LogP contribution in [0.15, 0.2) is 24.3 Å². The van der Waals surface area contributed by atoms with E-state index in [1.807, 2.05) is 23.1 Å². The fourth-order valence-corrected chi connectivity index (χ4v) is 3.94. The van der Waals surface area contributed by atoms with Crippen LogP contribution < -0.4 is 10.6 Å². The fourth-order valence-electron chi connectivity index (χ4n) is 3.51. The highest BCUT2D eigenvalue weighted by Gasteiger charge is 2.30. The number of para-hydroxylation sites is 1. The monoisotopic (exact) mass is 408 g/mol. The lowest BCUT2D eigenvalue weighted by Gasteiger charge is -2.27. The smallest absolute Gasteiger partial charge is 0.245 e. The van der Waals surface area contributed by atoms with Gasteiger partial charge in [0.05, 0.1) is 17.3 Å². The van der Waals surface area contributed by atoms with Crippen LogP contribution in [0.4, 0.5) is 5.69 Å². The van der Waals surface area contributed by atoms with Gasteiger partial charge in [-0.25, -0.2) is 0 Å². The lowest BCUT2D eigenvalue weighted by atomic mass is 10.1. The first-order valence-corrected chi connectivity index (χ1v) is 10.2. The lowest BCUT2D eigenvalue weighted by molar-refractivity contribution is -0.140. The number of likely N-dealkylation sites (tertiary alicyclic amines) is 2. The van der Waals surface area contributed by atoms with Crippen molar-refractivity contribution in [2.45, 2.75) is 38.1 Å². The largest absolute Gasteiger partial charge is 0.351 e. The standard InChI is InChI=1S/C19H25ClN4O2S/c20-14-7-1-2-8-15(14)21-19(27)22-16-9-3-4-12-24(18(16)26)13-17(25)23-10-5-6-11-23/h1-2,7-8,16H,3-6,9-13H2,(H2,21,22,27). The van der Waals surface area contributed by atoms with Gasteiger partial charge in [0.25, 0.3) is 0 Å². The van der Waals surface area contributed by atoms with Crippen molar-refractivity contribution in [1.29, 1.82) is 0 Å². The first-order valence-electron chi connectivity index (χ1n) is 9.43. The number of hydrogen-bond donors (Lipinski definition) is 2. The zero-order valence-corrected chi connectivity index (χ0v) is 16.8. The average molecular weight is 409 g/mol. The highest BCUT2D eigenvalue weighted by atomic mass is 35.5. The third-order valence-corrected chi connectivity index (χ3v) is 5.54. The van der Waals surface area contributed by atoms with E-state index >= 15 is 0 Å². The number of hydrogen-bond acceptors (Lipinski definition) is 3. The Bertz CT molecular complexity index is 709. The van der Waals surface area contributed by atoms with Crippen LogP contribution in [0, 0.1) is 0 Å². The van der Waals surface area contributed by atoms with Crippen molar-refractivity contribution in [3.63, 3.8) is 0 Å². The topological polar surface area (TPSA) is 64.7 Å². The van der Waals surface area contributed by atoms with Gasteiger partial charge in [0.15, 0.2) is 5.11 Å². The van der Waals surface area contributed by atoms with Crippen molar-refractivity contribution >= 4 is 46.4 Å². The van der Waals surface area contributed by atoms with E-state index in [4.69, 9.17) is 23.8 Å². The van der Waals surface area contributed by atoms with Crippen molar-refractivity contribution in [1.82, 2.24) is 15.1 Å². The Labute approximate surface area is 170 Å². The van der Waals surface area contributed by atoms with Gasteiger partial charge in [-0.1, -0.05) is 23.7 Å². The van der Waals surface area contributed by atoms with E-state index in [-0.39, 0.29) is 18.4 Å². The van der Waals surface area contributed by atoms with Crippen LogP contribution in [0.3, 0.4) is 0 Å². The Hall–Kier alpha value is -1.86. The van der Waals surface area contributed by atoms with E-state index in [0.717, 1.165) is 38.8 Å². The van der Waals surface area contributed by atoms with E-state index in [1.165, 1.54) is 0 Å². The van der Waals surface area contributed by atoms with Gasteiger partial charge in [0.2, 0.25) is 11.8 Å². The van der Waals surface area contributed by atoms with Crippen molar-refractivity contribution in [3.8, 4) is 0 Å². The maximum atomic E-state index is 12.9. The summed E-state index contributed by atoms with van der Waals surface area (Å²) in [5.41, 5.74) is 0.693. The molecule has 0 bridgehead atoms. The molecule has 8 heteroatoms. The molecule has 2 N–H and O–H groups in total. The first kappa shape index (κ1) is 19.9. The number of thiocarbonyl (C=S) groups is 1. The Morgan fingerprint density at radius 1 is 1.15 bits per heavy atom. The van der Waals surface area contributed by atoms with Crippen LogP contribution in [-0.2, 0) is 9.59 Å². The van der Waals surface area contributed by atoms with Gasteiger partial charge < -0.3 is 20.4 Å². The molecule has 3 rings (SSSR count). The molecule has 2 amide bonds. The number of nitrogens with one attached hydrogen (secondary N) is 2. The van der Waals surface area contributed by atoms with Gasteiger partial charge in [-0.15, -0.1) is 0 Å². The summed E-state index contributed by atoms with van der Waals surface area (Å²) in [5, 5.41) is 7.06. The molecular weight excluding hydrogens is 384 g/mol. The number of benzene rings is 1. The van der Waals surface area contributed by atoms with Gasteiger partial charge in [0.1, 0.15) is 6.04 Å². The number of nitrogens with zero attached hydrogens (tertiary/aromatic N) is 2. The SMILES string of the molecule is O=C(CN1CCCCC(NC(=S)Nc2ccccc2Cl)C1=O)N1CCCC1. The quantitative estimate of drug-likeness (QED) is 0.750. The maximum absolute atomic E-state index is 12.9. The molecule has 0 saturated carbocycles. The molecule has 1 aromatic carbocycles. The number of rotatable bonds is 4. The number of carbonyl (C=O) groups excluding carboxylic acids is 2. The summed E-state index contributed by atoms with van der Waals surface area (Å²) in [4.78, 5) is 28.9. The summed E-state index contributed by atoms with van der Waals surface area (Å²) in [6.45, 7) is 2.37. The molecule has 146 valence electrons. The van der Waals surface area contributed by atoms with Crippen LogP contribution in [0.25, 0.3) is 0 Å². The van der Waals surface area contributed by atoms with E-state index in [0.29, 0.717) is 28.8 Å². The summed E-state index contributed by atoms with van der Waals surface area (Å²) < 4.78 is 0. The molecule has 2 heterocycles. The highest BCUT2D eigenvalue weighted by Crippen LogP contribution is 2.20. The zero-order valence-electron chi connectivity index (χ0n) is 15.2. The number of halogens is 1. The zero-order chi connectivity index (χ0) is 19.2. The molecule has 0 aliphatic carbocycles. The Morgan fingerprint density at radius 3 is 2.59 bits per heavy atom. The summed E-state index contributed by atoms with van der Waals surface area (Å²) in [5.74, 6) is -0.0263. The number of carbonyl (C=O) groups is 2. The van der Waals surface area contributed by atoms with E-state index in [2.05, 4.69) is 10.6 Å². The molecule has 2 fully saturated rings. The van der Waals surface area contributed by atoms with Gasteiger partial charge in [-0.05, 0) is 56.5 Å². The molecule has 1 unspecified atom stereocenters.